The van der Waals surface area contributed by atoms with Crippen LogP contribution in [0.5, 0.6) is 0 Å². The minimum absolute atomic E-state index is 0.840. The number of nitrogens with one attached hydrogen (secondary N) is 2. The molecule has 3 rings (SSSR count). The maximum Gasteiger partial charge on any atom is 0.0545 e. The lowest BCUT2D eigenvalue weighted by Gasteiger charge is -2.23. The van der Waals surface area contributed by atoms with Crippen LogP contribution in [-0.4, -0.2) is 36.1 Å². The van der Waals surface area contributed by atoms with Crippen LogP contribution in [0.2, 0.25) is 0 Å². The van der Waals surface area contributed by atoms with Crippen molar-refractivity contribution >= 4 is 0 Å². The van der Waals surface area contributed by atoms with Crippen molar-refractivity contribution in [2.75, 3.05) is 26.2 Å². The molecule has 2 aromatic rings. The highest BCUT2D eigenvalue weighted by Gasteiger charge is 2.07. The molecule has 116 valence electrons. The van der Waals surface area contributed by atoms with Gasteiger partial charge in [0.05, 0.1) is 11.4 Å². The van der Waals surface area contributed by atoms with Gasteiger partial charge in [0, 0.05) is 45.8 Å². The van der Waals surface area contributed by atoms with Crippen LogP contribution in [-0.2, 0) is 19.6 Å². The average molecular weight is 296 g/mol. The fourth-order valence-electron chi connectivity index (χ4n) is 2.74. The Morgan fingerprint density at radius 2 is 1.45 bits per heavy atom. The smallest absolute Gasteiger partial charge is 0.0545 e. The lowest BCUT2D eigenvalue weighted by Crippen LogP contribution is -2.37. The Hall–Kier alpha value is -1.75. The first-order valence-corrected chi connectivity index (χ1v) is 8.03. The van der Waals surface area contributed by atoms with Gasteiger partial charge in [-0.25, -0.2) is 0 Å². The number of aromatic nitrogens is 1. The van der Waals surface area contributed by atoms with Crippen molar-refractivity contribution in [2.45, 2.75) is 19.6 Å². The van der Waals surface area contributed by atoms with Crippen LogP contribution < -0.4 is 10.6 Å². The highest BCUT2D eigenvalue weighted by molar-refractivity contribution is 5.14. The van der Waals surface area contributed by atoms with E-state index in [0.29, 0.717) is 0 Å². The molecule has 0 radical (unpaired) electrons. The molecule has 0 fully saturated rings. The van der Waals surface area contributed by atoms with E-state index in [4.69, 9.17) is 0 Å². The number of benzene rings is 1. The number of hydrogen-bond donors (Lipinski definition) is 2. The van der Waals surface area contributed by atoms with E-state index in [1.54, 1.807) is 0 Å². The molecule has 2 heterocycles. The van der Waals surface area contributed by atoms with Crippen molar-refractivity contribution in [3.63, 3.8) is 0 Å². The number of hydrogen-bond acceptors (Lipinski definition) is 4. The van der Waals surface area contributed by atoms with Gasteiger partial charge < -0.3 is 10.6 Å². The molecule has 22 heavy (non-hydrogen) atoms. The molecular formula is C18H24N4. The van der Waals surface area contributed by atoms with E-state index in [0.717, 1.165) is 57.2 Å². The van der Waals surface area contributed by atoms with E-state index in [1.165, 1.54) is 5.56 Å². The van der Waals surface area contributed by atoms with Crippen molar-refractivity contribution in [3.8, 4) is 0 Å². The Morgan fingerprint density at radius 3 is 2.09 bits per heavy atom. The fraction of sp³-hybridized carbons (Fsp3) is 0.389. The van der Waals surface area contributed by atoms with Crippen molar-refractivity contribution in [2.24, 2.45) is 0 Å². The van der Waals surface area contributed by atoms with Crippen LogP contribution in [0.1, 0.15) is 17.0 Å². The molecular weight excluding hydrogens is 272 g/mol. The van der Waals surface area contributed by atoms with E-state index in [2.05, 4.69) is 69.0 Å². The second-order valence-corrected chi connectivity index (χ2v) is 5.74. The Labute approximate surface area is 132 Å². The molecule has 0 amide bonds. The predicted octanol–water partition coefficient (Wildman–Crippen LogP) is 1.78. The van der Waals surface area contributed by atoms with Crippen molar-refractivity contribution in [1.29, 1.82) is 0 Å². The van der Waals surface area contributed by atoms with Crippen LogP contribution in [0, 0.1) is 0 Å². The molecule has 0 unspecified atom stereocenters. The normalized spacial score (nSPS) is 17.5. The molecule has 4 heteroatoms. The first kappa shape index (κ1) is 15.2. The van der Waals surface area contributed by atoms with Gasteiger partial charge >= 0.3 is 0 Å². The zero-order valence-electron chi connectivity index (χ0n) is 13.0. The molecule has 0 saturated carbocycles. The van der Waals surface area contributed by atoms with Crippen molar-refractivity contribution in [1.82, 2.24) is 20.5 Å². The molecule has 0 atom stereocenters. The first-order valence-electron chi connectivity index (χ1n) is 8.03. The Balaban J connectivity index is 1.60. The summed E-state index contributed by atoms with van der Waals surface area (Å²) in [7, 11) is 0. The SMILES string of the molecule is c1ccc(CN2CCNCc3cccc(n3)CNCC2)cc1. The van der Waals surface area contributed by atoms with Gasteiger partial charge in [0.25, 0.3) is 0 Å². The van der Waals surface area contributed by atoms with E-state index >= 15 is 0 Å². The van der Waals surface area contributed by atoms with E-state index < -0.39 is 0 Å². The monoisotopic (exact) mass is 296 g/mol. The summed E-state index contributed by atoms with van der Waals surface area (Å²) < 4.78 is 0. The quantitative estimate of drug-likeness (QED) is 0.886. The minimum atomic E-state index is 0.840. The van der Waals surface area contributed by atoms with Gasteiger partial charge in [-0.15, -0.1) is 0 Å². The predicted molar refractivity (Wildman–Crippen MR) is 89.4 cm³/mol. The Morgan fingerprint density at radius 1 is 0.818 bits per heavy atom. The third-order valence-corrected chi connectivity index (χ3v) is 3.94. The molecule has 1 aliphatic heterocycles. The average Bonchev–Trinajstić information content (AvgIpc) is 2.55. The van der Waals surface area contributed by atoms with Gasteiger partial charge in [-0.2, -0.15) is 0 Å². The molecule has 1 aromatic carbocycles. The first-order chi connectivity index (χ1) is 10.9. The largest absolute Gasteiger partial charge is 0.310 e. The van der Waals surface area contributed by atoms with Crippen LogP contribution in [0.15, 0.2) is 48.5 Å². The zero-order chi connectivity index (χ0) is 15.0. The third kappa shape index (κ3) is 4.63. The van der Waals surface area contributed by atoms with Gasteiger partial charge in [0.15, 0.2) is 0 Å². The van der Waals surface area contributed by atoms with E-state index in [-0.39, 0.29) is 0 Å². The van der Waals surface area contributed by atoms with E-state index in [1.807, 2.05) is 0 Å². The highest BCUT2D eigenvalue weighted by Crippen LogP contribution is 2.05. The number of fused-ring (bicyclic) bond motifs is 2. The van der Waals surface area contributed by atoms with Gasteiger partial charge in [0.1, 0.15) is 0 Å². The summed E-state index contributed by atoms with van der Waals surface area (Å²) in [6.45, 7) is 6.76. The standard InChI is InChI=1S/C18H24N4/c1-2-5-16(6-3-1)15-22-11-9-19-13-17-7-4-8-18(21-17)14-20-10-12-22/h1-8,19-20H,9-15H2. The van der Waals surface area contributed by atoms with Gasteiger partial charge in [-0.3, -0.25) is 9.88 Å². The molecule has 2 N–H and O–H groups in total. The van der Waals surface area contributed by atoms with Crippen LogP contribution >= 0.6 is 0 Å². The van der Waals surface area contributed by atoms with Gasteiger partial charge in [-0.05, 0) is 17.7 Å². The minimum Gasteiger partial charge on any atom is -0.310 e. The van der Waals surface area contributed by atoms with E-state index in [9.17, 15) is 0 Å². The summed E-state index contributed by atoms with van der Waals surface area (Å²) in [5.74, 6) is 0. The van der Waals surface area contributed by atoms with Crippen molar-refractivity contribution < 1.29 is 0 Å². The molecule has 0 aliphatic carbocycles. The maximum atomic E-state index is 4.65. The second kappa shape index (κ2) is 8.03. The molecule has 0 saturated heterocycles. The number of pyridine rings is 1. The highest BCUT2D eigenvalue weighted by atomic mass is 15.2. The number of nitrogens with zero attached hydrogens (tertiary/aromatic N) is 2. The maximum absolute atomic E-state index is 4.65. The Bertz CT molecular complexity index is 543. The summed E-state index contributed by atoms with van der Waals surface area (Å²) >= 11 is 0. The molecule has 4 nitrogen and oxygen atoms in total. The van der Waals surface area contributed by atoms with Crippen LogP contribution in [0.3, 0.4) is 0 Å². The van der Waals surface area contributed by atoms with Gasteiger partial charge in [0.2, 0.25) is 0 Å². The summed E-state index contributed by atoms with van der Waals surface area (Å²) in [6, 6.07) is 17.0. The molecule has 0 spiro atoms. The second-order valence-electron chi connectivity index (χ2n) is 5.74. The topological polar surface area (TPSA) is 40.2 Å². The number of rotatable bonds is 2. The molecule has 1 aliphatic rings. The summed E-state index contributed by atoms with van der Waals surface area (Å²) in [5, 5.41) is 7.01. The summed E-state index contributed by atoms with van der Waals surface area (Å²) in [6.07, 6.45) is 0. The molecule has 2 bridgehead atoms. The van der Waals surface area contributed by atoms with Gasteiger partial charge in [-0.1, -0.05) is 36.4 Å². The summed E-state index contributed by atoms with van der Waals surface area (Å²) in [5.41, 5.74) is 3.62. The fourth-order valence-corrected chi connectivity index (χ4v) is 2.74. The molecule has 1 aromatic heterocycles. The van der Waals surface area contributed by atoms with Crippen LogP contribution in [0.25, 0.3) is 0 Å². The lowest BCUT2D eigenvalue weighted by atomic mass is 10.2. The summed E-state index contributed by atoms with van der Waals surface area (Å²) in [4.78, 5) is 7.15. The van der Waals surface area contributed by atoms with Crippen LogP contribution in [0.4, 0.5) is 0 Å². The van der Waals surface area contributed by atoms with Crippen molar-refractivity contribution in [3.05, 3.63) is 65.5 Å². The third-order valence-electron chi connectivity index (χ3n) is 3.94. The Kier molecular flexibility index (Phi) is 5.54. The zero-order valence-corrected chi connectivity index (χ0v) is 13.0. The lowest BCUT2D eigenvalue weighted by molar-refractivity contribution is 0.263.